The zero-order valence-electron chi connectivity index (χ0n) is 11.2. The molecule has 2 rings (SSSR count). The van der Waals surface area contributed by atoms with Crippen molar-refractivity contribution in [1.29, 1.82) is 0 Å². The van der Waals surface area contributed by atoms with Gasteiger partial charge in [0.25, 0.3) is 0 Å². The average Bonchev–Trinajstić information content (AvgIpc) is 3.06. The Labute approximate surface area is 104 Å². The molecule has 3 nitrogen and oxygen atoms in total. The molecule has 0 saturated heterocycles. The maximum atomic E-state index is 4.54. The van der Waals surface area contributed by atoms with Gasteiger partial charge in [0.15, 0.2) is 0 Å². The van der Waals surface area contributed by atoms with E-state index in [-0.39, 0.29) is 0 Å². The second-order valence-corrected chi connectivity index (χ2v) is 5.17. The van der Waals surface area contributed by atoms with Gasteiger partial charge in [0.05, 0.1) is 0 Å². The van der Waals surface area contributed by atoms with E-state index in [1.54, 1.807) is 0 Å². The Balaban J connectivity index is 2.00. The van der Waals surface area contributed by atoms with E-state index in [9.17, 15) is 0 Å². The molecule has 0 spiro atoms. The van der Waals surface area contributed by atoms with Crippen molar-refractivity contribution in [2.24, 2.45) is 5.92 Å². The van der Waals surface area contributed by atoms with Crippen molar-refractivity contribution in [1.82, 2.24) is 15.3 Å². The van der Waals surface area contributed by atoms with Crippen molar-refractivity contribution in [2.75, 3.05) is 6.54 Å². The summed E-state index contributed by atoms with van der Waals surface area (Å²) >= 11 is 0. The summed E-state index contributed by atoms with van der Waals surface area (Å²) in [4.78, 5) is 9.08. The van der Waals surface area contributed by atoms with E-state index in [0.717, 1.165) is 36.1 Å². The van der Waals surface area contributed by atoms with Gasteiger partial charge in [-0.05, 0) is 51.6 Å². The van der Waals surface area contributed by atoms with Crippen LogP contribution in [0, 0.1) is 19.8 Å². The lowest BCUT2D eigenvalue weighted by atomic mass is 10.1. The number of aromatic nitrogens is 2. The topological polar surface area (TPSA) is 37.8 Å². The normalized spacial score (nSPS) is 17.1. The van der Waals surface area contributed by atoms with Gasteiger partial charge in [-0.25, -0.2) is 9.97 Å². The molecule has 1 atom stereocenters. The summed E-state index contributed by atoms with van der Waals surface area (Å²) in [5, 5.41) is 3.64. The van der Waals surface area contributed by atoms with Crippen LogP contribution in [0.3, 0.4) is 0 Å². The van der Waals surface area contributed by atoms with Crippen LogP contribution >= 0.6 is 0 Å². The summed E-state index contributed by atoms with van der Waals surface area (Å²) in [6, 6.07) is 2.62. The Hall–Kier alpha value is -0.960. The number of aryl methyl sites for hydroxylation is 2. The summed E-state index contributed by atoms with van der Waals surface area (Å²) in [5.41, 5.74) is 2.16. The highest BCUT2D eigenvalue weighted by atomic mass is 15.0. The predicted molar refractivity (Wildman–Crippen MR) is 70.0 cm³/mol. The van der Waals surface area contributed by atoms with Crippen molar-refractivity contribution < 1.29 is 0 Å². The van der Waals surface area contributed by atoms with E-state index in [2.05, 4.69) is 22.2 Å². The van der Waals surface area contributed by atoms with Crippen LogP contribution in [-0.2, 0) is 6.42 Å². The lowest BCUT2D eigenvalue weighted by Crippen LogP contribution is -2.34. The van der Waals surface area contributed by atoms with Crippen LogP contribution in [0.1, 0.15) is 43.4 Å². The molecule has 17 heavy (non-hydrogen) atoms. The minimum Gasteiger partial charge on any atom is -0.313 e. The van der Waals surface area contributed by atoms with E-state index in [0.29, 0.717) is 6.04 Å². The molecule has 1 heterocycles. The second kappa shape index (κ2) is 5.58. The summed E-state index contributed by atoms with van der Waals surface area (Å²) < 4.78 is 0. The maximum absolute atomic E-state index is 4.54. The highest BCUT2D eigenvalue weighted by molar-refractivity contribution is 5.09. The summed E-state index contributed by atoms with van der Waals surface area (Å²) in [6.45, 7) is 7.41. The molecular formula is C14H23N3. The largest absolute Gasteiger partial charge is 0.313 e. The number of nitrogens with zero attached hydrogens (tertiary/aromatic N) is 2. The van der Waals surface area contributed by atoms with Crippen LogP contribution in [0.5, 0.6) is 0 Å². The predicted octanol–water partition coefficient (Wildman–Crippen LogP) is 2.41. The van der Waals surface area contributed by atoms with Gasteiger partial charge in [-0.15, -0.1) is 0 Å². The Morgan fingerprint density at radius 1 is 1.29 bits per heavy atom. The molecule has 3 heteroatoms. The number of rotatable bonds is 6. The van der Waals surface area contributed by atoms with Gasteiger partial charge in [-0.3, -0.25) is 0 Å². The van der Waals surface area contributed by atoms with E-state index in [4.69, 9.17) is 0 Å². The Kier molecular flexibility index (Phi) is 4.11. The first-order valence-electron chi connectivity index (χ1n) is 6.73. The third-order valence-corrected chi connectivity index (χ3v) is 3.28. The van der Waals surface area contributed by atoms with Gasteiger partial charge in [-0.2, -0.15) is 0 Å². The fraction of sp³-hybridized carbons (Fsp3) is 0.714. The molecule has 1 aromatic rings. The van der Waals surface area contributed by atoms with Gasteiger partial charge in [-0.1, -0.05) is 6.92 Å². The van der Waals surface area contributed by atoms with Crippen LogP contribution in [0.25, 0.3) is 0 Å². The van der Waals surface area contributed by atoms with Gasteiger partial charge in [0, 0.05) is 23.9 Å². The molecule has 0 radical (unpaired) electrons. The number of hydrogen-bond donors (Lipinski definition) is 1. The first kappa shape index (κ1) is 12.5. The summed E-state index contributed by atoms with van der Waals surface area (Å²) in [5.74, 6) is 1.86. The third kappa shape index (κ3) is 3.77. The molecule has 94 valence electrons. The molecule has 0 aliphatic heterocycles. The molecular weight excluding hydrogens is 210 g/mol. The molecule has 1 saturated carbocycles. The van der Waals surface area contributed by atoms with Gasteiger partial charge in [0.1, 0.15) is 5.82 Å². The van der Waals surface area contributed by atoms with Crippen molar-refractivity contribution in [3.8, 4) is 0 Å². The Morgan fingerprint density at radius 3 is 2.47 bits per heavy atom. The van der Waals surface area contributed by atoms with E-state index < -0.39 is 0 Å². The molecule has 0 aromatic carbocycles. The SMILES string of the molecule is CCCNC(Cc1nc(C)cc(C)n1)C1CC1. The molecule has 1 aliphatic carbocycles. The van der Waals surface area contributed by atoms with Crippen LogP contribution in [-0.4, -0.2) is 22.6 Å². The van der Waals surface area contributed by atoms with E-state index >= 15 is 0 Å². The van der Waals surface area contributed by atoms with Gasteiger partial charge < -0.3 is 5.32 Å². The molecule has 0 amide bonds. The fourth-order valence-electron chi connectivity index (χ4n) is 2.32. The van der Waals surface area contributed by atoms with Gasteiger partial charge >= 0.3 is 0 Å². The lowest BCUT2D eigenvalue weighted by Gasteiger charge is -2.17. The van der Waals surface area contributed by atoms with Gasteiger partial charge in [0.2, 0.25) is 0 Å². The minimum absolute atomic E-state index is 0.580. The zero-order valence-corrected chi connectivity index (χ0v) is 11.2. The van der Waals surface area contributed by atoms with Crippen LogP contribution in [0.15, 0.2) is 6.07 Å². The Morgan fingerprint density at radius 2 is 1.94 bits per heavy atom. The molecule has 1 N–H and O–H groups in total. The lowest BCUT2D eigenvalue weighted by molar-refractivity contribution is 0.451. The van der Waals surface area contributed by atoms with E-state index in [1.807, 2.05) is 19.9 Å². The fourth-order valence-corrected chi connectivity index (χ4v) is 2.32. The van der Waals surface area contributed by atoms with Crippen molar-refractivity contribution in [3.63, 3.8) is 0 Å². The zero-order chi connectivity index (χ0) is 12.3. The molecule has 0 bridgehead atoms. The highest BCUT2D eigenvalue weighted by Crippen LogP contribution is 2.33. The van der Waals surface area contributed by atoms with Crippen LogP contribution in [0.4, 0.5) is 0 Å². The molecule has 1 fully saturated rings. The Bertz CT molecular complexity index is 351. The van der Waals surface area contributed by atoms with Crippen molar-refractivity contribution in [3.05, 3.63) is 23.3 Å². The second-order valence-electron chi connectivity index (χ2n) is 5.17. The quantitative estimate of drug-likeness (QED) is 0.820. The van der Waals surface area contributed by atoms with Crippen LogP contribution < -0.4 is 5.32 Å². The summed E-state index contributed by atoms with van der Waals surface area (Å²) in [7, 11) is 0. The molecule has 1 aliphatic rings. The third-order valence-electron chi connectivity index (χ3n) is 3.28. The smallest absolute Gasteiger partial charge is 0.130 e. The van der Waals surface area contributed by atoms with Crippen molar-refractivity contribution >= 4 is 0 Å². The molecule has 1 aromatic heterocycles. The van der Waals surface area contributed by atoms with Crippen LogP contribution in [0.2, 0.25) is 0 Å². The minimum atomic E-state index is 0.580. The summed E-state index contributed by atoms with van der Waals surface area (Å²) in [6.07, 6.45) is 4.91. The monoisotopic (exact) mass is 233 g/mol. The first-order chi connectivity index (χ1) is 8.19. The highest BCUT2D eigenvalue weighted by Gasteiger charge is 2.31. The average molecular weight is 233 g/mol. The van der Waals surface area contributed by atoms with Crippen molar-refractivity contribution in [2.45, 2.75) is 52.5 Å². The number of hydrogen-bond acceptors (Lipinski definition) is 3. The molecule has 1 unspecified atom stereocenters. The maximum Gasteiger partial charge on any atom is 0.130 e. The first-order valence-corrected chi connectivity index (χ1v) is 6.73. The standard InChI is InChI=1S/C14H23N3/c1-4-7-15-13(12-5-6-12)9-14-16-10(2)8-11(3)17-14/h8,12-13,15H,4-7,9H2,1-3H3. The number of nitrogens with one attached hydrogen (secondary N) is 1. The van der Waals surface area contributed by atoms with E-state index in [1.165, 1.54) is 19.3 Å².